The second kappa shape index (κ2) is 7.84. The van der Waals surface area contributed by atoms with E-state index in [1.54, 1.807) is 25.5 Å². The largest absolute Gasteiger partial charge is 0.496 e. The standard InChI is InChI=1S/C20H18N2O3S/c1-13-6-3-4-7-15(13)19(23)22-20(26)21-14-9-10-16(18(12-14)24-2)17-8-5-11-25-17/h3-12H,1-2H3,(H2,21,22,23,26). The molecule has 2 N–H and O–H groups in total. The van der Waals surface area contributed by atoms with Gasteiger partial charge in [-0.1, -0.05) is 18.2 Å². The third-order valence-electron chi connectivity index (χ3n) is 3.86. The van der Waals surface area contributed by atoms with E-state index in [-0.39, 0.29) is 11.0 Å². The minimum atomic E-state index is -0.250. The quantitative estimate of drug-likeness (QED) is 0.671. The zero-order valence-corrected chi connectivity index (χ0v) is 15.2. The van der Waals surface area contributed by atoms with E-state index in [0.717, 1.165) is 11.1 Å². The lowest BCUT2D eigenvalue weighted by atomic mass is 10.1. The summed E-state index contributed by atoms with van der Waals surface area (Å²) in [4.78, 5) is 12.3. The van der Waals surface area contributed by atoms with Gasteiger partial charge in [-0.25, -0.2) is 0 Å². The van der Waals surface area contributed by atoms with Gasteiger partial charge >= 0.3 is 0 Å². The first kappa shape index (κ1) is 17.7. The second-order valence-electron chi connectivity index (χ2n) is 5.62. The zero-order valence-electron chi connectivity index (χ0n) is 14.4. The summed E-state index contributed by atoms with van der Waals surface area (Å²) in [6.45, 7) is 1.88. The van der Waals surface area contributed by atoms with Crippen LogP contribution in [0.15, 0.2) is 65.3 Å². The number of thiocarbonyl (C=S) groups is 1. The van der Waals surface area contributed by atoms with Gasteiger partial charge in [0.25, 0.3) is 5.91 Å². The molecule has 0 bridgehead atoms. The van der Waals surface area contributed by atoms with Crippen LogP contribution in [0.25, 0.3) is 11.3 Å². The number of anilines is 1. The molecule has 3 rings (SSSR count). The zero-order chi connectivity index (χ0) is 18.5. The van der Waals surface area contributed by atoms with Gasteiger partial charge in [-0.05, 0) is 55.0 Å². The van der Waals surface area contributed by atoms with E-state index in [9.17, 15) is 4.79 Å². The first-order valence-corrected chi connectivity index (χ1v) is 8.39. The molecule has 0 spiro atoms. The van der Waals surface area contributed by atoms with E-state index >= 15 is 0 Å². The molecule has 0 radical (unpaired) electrons. The average Bonchev–Trinajstić information content (AvgIpc) is 3.16. The van der Waals surface area contributed by atoms with E-state index in [0.29, 0.717) is 22.8 Å². The van der Waals surface area contributed by atoms with Crippen LogP contribution in [0.2, 0.25) is 0 Å². The van der Waals surface area contributed by atoms with Gasteiger partial charge in [0.2, 0.25) is 0 Å². The molecule has 26 heavy (non-hydrogen) atoms. The molecule has 0 saturated carbocycles. The van der Waals surface area contributed by atoms with Crippen LogP contribution in [0.4, 0.5) is 5.69 Å². The molecule has 0 fully saturated rings. The van der Waals surface area contributed by atoms with Gasteiger partial charge in [0, 0.05) is 17.3 Å². The lowest BCUT2D eigenvalue weighted by Crippen LogP contribution is -2.34. The van der Waals surface area contributed by atoms with Gasteiger partial charge in [-0.2, -0.15) is 0 Å². The summed E-state index contributed by atoms with van der Waals surface area (Å²) >= 11 is 5.25. The van der Waals surface area contributed by atoms with Crippen molar-refractivity contribution in [2.24, 2.45) is 0 Å². The van der Waals surface area contributed by atoms with Crippen molar-refractivity contribution in [1.82, 2.24) is 5.32 Å². The van der Waals surface area contributed by atoms with Gasteiger partial charge in [0.05, 0.1) is 18.9 Å². The molecule has 6 heteroatoms. The Kier molecular flexibility index (Phi) is 5.34. The normalized spacial score (nSPS) is 10.2. The lowest BCUT2D eigenvalue weighted by Gasteiger charge is -2.13. The van der Waals surface area contributed by atoms with Crippen molar-refractivity contribution in [3.8, 4) is 17.1 Å². The van der Waals surface area contributed by atoms with Gasteiger partial charge in [0.15, 0.2) is 5.11 Å². The maximum Gasteiger partial charge on any atom is 0.257 e. The Hall–Kier alpha value is -3.12. The van der Waals surface area contributed by atoms with Crippen LogP contribution < -0.4 is 15.4 Å². The first-order chi connectivity index (χ1) is 12.6. The molecule has 1 heterocycles. The number of nitrogens with one attached hydrogen (secondary N) is 2. The summed E-state index contributed by atoms with van der Waals surface area (Å²) in [6, 6.07) is 16.5. The van der Waals surface area contributed by atoms with Crippen molar-refractivity contribution in [3.05, 3.63) is 72.0 Å². The third-order valence-corrected chi connectivity index (χ3v) is 4.07. The van der Waals surface area contributed by atoms with E-state index in [4.69, 9.17) is 21.4 Å². The summed E-state index contributed by atoms with van der Waals surface area (Å²) in [6.07, 6.45) is 1.61. The van der Waals surface area contributed by atoms with Crippen molar-refractivity contribution in [2.75, 3.05) is 12.4 Å². The molecular formula is C20H18N2O3S. The highest BCUT2D eigenvalue weighted by Gasteiger charge is 2.12. The smallest absolute Gasteiger partial charge is 0.257 e. The van der Waals surface area contributed by atoms with E-state index in [1.807, 2.05) is 49.4 Å². The van der Waals surface area contributed by atoms with Gasteiger partial charge in [-0.3, -0.25) is 10.1 Å². The SMILES string of the molecule is COc1cc(NC(=S)NC(=O)c2ccccc2C)ccc1-c1ccco1. The lowest BCUT2D eigenvalue weighted by molar-refractivity contribution is 0.0977. The van der Waals surface area contributed by atoms with E-state index < -0.39 is 0 Å². The molecule has 0 aliphatic rings. The number of carbonyl (C=O) groups excluding carboxylic acids is 1. The fourth-order valence-electron chi connectivity index (χ4n) is 2.56. The highest BCUT2D eigenvalue weighted by molar-refractivity contribution is 7.80. The fourth-order valence-corrected chi connectivity index (χ4v) is 2.78. The molecule has 2 aromatic carbocycles. The monoisotopic (exact) mass is 366 g/mol. The summed E-state index contributed by atoms with van der Waals surface area (Å²) in [5.74, 6) is 1.10. The fraction of sp³-hybridized carbons (Fsp3) is 0.100. The Morgan fingerprint density at radius 3 is 2.62 bits per heavy atom. The molecule has 3 aromatic rings. The molecule has 1 aromatic heterocycles. The minimum Gasteiger partial charge on any atom is -0.496 e. The Morgan fingerprint density at radius 2 is 1.92 bits per heavy atom. The maximum atomic E-state index is 12.3. The second-order valence-corrected chi connectivity index (χ2v) is 6.02. The first-order valence-electron chi connectivity index (χ1n) is 7.98. The number of methoxy groups -OCH3 is 1. The van der Waals surface area contributed by atoms with E-state index in [2.05, 4.69) is 10.6 Å². The number of aryl methyl sites for hydroxylation is 1. The van der Waals surface area contributed by atoms with Gasteiger partial charge in [-0.15, -0.1) is 0 Å². The Morgan fingerprint density at radius 1 is 1.12 bits per heavy atom. The Labute approximate surface area is 157 Å². The van der Waals surface area contributed by atoms with Crippen molar-refractivity contribution in [1.29, 1.82) is 0 Å². The molecule has 0 atom stereocenters. The van der Waals surface area contributed by atoms with E-state index in [1.165, 1.54) is 0 Å². The number of amides is 1. The minimum absolute atomic E-state index is 0.214. The average molecular weight is 366 g/mol. The molecule has 0 unspecified atom stereocenters. The maximum absolute atomic E-state index is 12.3. The Bertz CT molecular complexity index is 936. The van der Waals surface area contributed by atoms with Crippen molar-refractivity contribution in [3.63, 3.8) is 0 Å². The van der Waals surface area contributed by atoms with Crippen LogP contribution in [0.1, 0.15) is 15.9 Å². The molecule has 132 valence electrons. The summed E-state index contributed by atoms with van der Waals surface area (Å²) in [7, 11) is 1.59. The topological polar surface area (TPSA) is 63.5 Å². The number of ether oxygens (including phenoxy) is 1. The van der Waals surface area contributed by atoms with Crippen LogP contribution in [0.3, 0.4) is 0 Å². The molecule has 1 amide bonds. The summed E-state index contributed by atoms with van der Waals surface area (Å²) < 4.78 is 10.8. The summed E-state index contributed by atoms with van der Waals surface area (Å²) in [5.41, 5.74) is 3.00. The summed E-state index contributed by atoms with van der Waals surface area (Å²) in [5, 5.41) is 5.90. The molecule has 0 aliphatic carbocycles. The highest BCUT2D eigenvalue weighted by atomic mass is 32.1. The van der Waals surface area contributed by atoms with Crippen molar-refractivity contribution >= 4 is 28.9 Å². The number of furan rings is 1. The van der Waals surface area contributed by atoms with Crippen molar-refractivity contribution in [2.45, 2.75) is 6.92 Å². The van der Waals surface area contributed by atoms with Crippen molar-refractivity contribution < 1.29 is 13.9 Å². The van der Waals surface area contributed by atoms with Crippen LogP contribution >= 0.6 is 12.2 Å². The predicted octanol–water partition coefficient (Wildman–Crippen LogP) is 4.39. The molecular weight excluding hydrogens is 348 g/mol. The molecule has 5 nitrogen and oxygen atoms in total. The number of hydrogen-bond acceptors (Lipinski definition) is 4. The molecule has 0 aliphatic heterocycles. The van der Waals surface area contributed by atoms with Crippen LogP contribution in [0, 0.1) is 6.92 Å². The van der Waals surface area contributed by atoms with Crippen LogP contribution in [-0.2, 0) is 0 Å². The Balaban J connectivity index is 1.71. The number of carbonyl (C=O) groups is 1. The molecule has 0 saturated heterocycles. The number of benzene rings is 2. The highest BCUT2D eigenvalue weighted by Crippen LogP contribution is 2.32. The van der Waals surface area contributed by atoms with Gasteiger partial charge < -0.3 is 14.5 Å². The predicted molar refractivity (Wildman–Crippen MR) is 106 cm³/mol. The third kappa shape index (κ3) is 3.92. The number of rotatable bonds is 4. The van der Waals surface area contributed by atoms with Crippen LogP contribution in [-0.4, -0.2) is 18.1 Å². The van der Waals surface area contributed by atoms with Gasteiger partial charge in [0.1, 0.15) is 11.5 Å². The number of hydrogen-bond donors (Lipinski definition) is 2. The van der Waals surface area contributed by atoms with Crippen LogP contribution in [0.5, 0.6) is 5.75 Å².